The zero-order valence-electron chi connectivity index (χ0n) is 16.8. The topological polar surface area (TPSA) is 131 Å². The van der Waals surface area contributed by atoms with Gasteiger partial charge in [0, 0.05) is 28.6 Å². The van der Waals surface area contributed by atoms with Crippen LogP contribution in [-0.4, -0.2) is 32.5 Å². The van der Waals surface area contributed by atoms with E-state index in [9.17, 15) is 13.8 Å². The zero-order valence-corrected chi connectivity index (χ0v) is 17.7. The highest BCUT2D eigenvalue weighted by Gasteiger charge is 2.30. The molecule has 1 unspecified atom stereocenters. The van der Waals surface area contributed by atoms with Gasteiger partial charge in [-0.1, -0.05) is 13.0 Å². The van der Waals surface area contributed by atoms with Gasteiger partial charge in [0.15, 0.2) is 5.03 Å². The number of carbonyl (C=O) groups is 2. The highest BCUT2D eigenvalue weighted by molar-refractivity contribution is 7.99. The Labute approximate surface area is 175 Å². The summed E-state index contributed by atoms with van der Waals surface area (Å²) in [5, 5.41) is 15.8. The number of nitrogens with two attached hydrogens (primary N) is 1. The van der Waals surface area contributed by atoms with Crippen molar-refractivity contribution in [3.8, 4) is 0 Å². The van der Waals surface area contributed by atoms with Crippen molar-refractivity contribution >= 4 is 27.9 Å². The molecular formula is C20H26N6O3S. The predicted octanol–water partition coefficient (Wildman–Crippen LogP) is 1.15. The third-order valence-corrected chi connectivity index (χ3v) is 7.79. The number of anilines is 1. The highest BCUT2D eigenvalue weighted by atomic mass is 32.3. The molecule has 2 aromatic rings. The predicted molar refractivity (Wildman–Crippen MR) is 114 cm³/mol. The molecule has 9 nitrogen and oxygen atoms in total. The van der Waals surface area contributed by atoms with Gasteiger partial charge in [-0.15, -0.1) is 0 Å². The number of urea groups is 1. The molecule has 1 aromatic carbocycles. The number of rotatable bonds is 3. The highest BCUT2D eigenvalue weighted by Crippen LogP contribution is 2.43. The van der Waals surface area contributed by atoms with Gasteiger partial charge in [-0.25, -0.2) is 9.00 Å². The van der Waals surface area contributed by atoms with Crippen LogP contribution in [0.15, 0.2) is 17.2 Å². The molecule has 2 aliphatic carbocycles. The van der Waals surface area contributed by atoms with Crippen LogP contribution in [0.1, 0.15) is 58.4 Å². The number of hydrogen-bond acceptors (Lipinski definition) is 4. The summed E-state index contributed by atoms with van der Waals surface area (Å²) in [7, 11) is -3.79. The lowest BCUT2D eigenvalue weighted by Crippen LogP contribution is -2.45. The van der Waals surface area contributed by atoms with E-state index < -0.39 is 16.3 Å². The molecule has 1 aromatic heterocycles. The second-order valence-corrected chi connectivity index (χ2v) is 10.3. The summed E-state index contributed by atoms with van der Waals surface area (Å²) in [4.78, 5) is 24.7. The third-order valence-electron chi connectivity index (χ3n) is 6.36. The molecule has 5 N–H and O–H groups in total. The van der Waals surface area contributed by atoms with Crippen LogP contribution in [0.3, 0.4) is 0 Å². The van der Waals surface area contributed by atoms with E-state index >= 15 is 0 Å². The Kier molecular flexibility index (Phi) is 4.44. The van der Waals surface area contributed by atoms with E-state index in [4.69, 9.17) is 5.14 Å². The summed E-state index contributed by atoms with van der Waals surface area (Å²) in [5.74, 6) is 0.173. The molecule has 3 amide bonds. The van der Waals surface area contributed by atoms with E-state index in [1.165, 1.54) is 33.0 Å². The summed E-state index contributed by atoms with van der Waals surface area (Å²) in [6.45, 7) is 3.12. The van der Waals surface area contributed by atoms with E-state index in [0.29, 0.717) is 19.0 Å². The number of amides is 3. The fourth-order valence-corrected chi connectivity index (χ4v) is 5.85. The first kappa shape index (κ1) is 19.3. The molecular weight excluding hydrogens is 404 g/mol. The minimum atomic E-state index is -3.79. The standard InChI is InChI=1S/C20H26N6O3S/c1-11-5-6-14-15(11)9-12-3-2-4-13(12)18(14)23-20(28)25-30(21,29)17-10-16-19(27)22-7-8-26(16)24-17/h9-11,30H,2-8H2,1H3,(H,22,27)(H4,21,23,25,28,29). The fourth-order valence-electron chi connectivity index (χ4n) is 4.82. The first-order valence-corrected chi connectivity index (χ1v) is 12.1. The smallest absolute Gasteiger partial charge is 0.330 e. The van der Waals surface area contributed by atoms with Gasteiger partial charge in [0.05, 0.1) is 6.54 Å². The molecule has 30 heavy (non-hydrogen) atoms. The Morgan fingerprint density at radius 2 is 2.13 bits per heavy atom. The quantitative estimate of drug-likeness (QED) is 0.468. The molecule has 160 valence electrons. The molecule has 1 atom stereocenters. The number of benzene rings is 1. The number of aromatic nitrogens is 2. The van der Waals surface area contributed by atoms with Crippen molar-refractivity contribution in [2.24, 2.45) is 5.14 Å². The van der Waals surface area contributed by atoms with Crippen LogP contribution in [-0.2, 0) is 36.1 Å². The summed E-state index contributed by atoms with van der Waals surface area (Å²) in [6, 6.07) is 3.07. The average molecular weight is 431 g/mol. The molecule has 3 aliphatic rings. The molecule has 10 heteroatoms. The average Bonchev–Trinajstić information content (AvgIpc) is 3.41. The van der Waals surface area contributed by atoms with E-state index in [1.54, 1.807) is 0 Å². The van der Waals surface area contributed by atoms with Crippen molar-refractivity contribution in [3.05, 3.63) is 40.1 Å². The molecule has 0 bridgehead atoms. The van der Waals surface area contributed by atoms with Crippen LogP contribution >= 0.6 is 0 Å². The van der Waals surface area contributed by atoms with Crippen LogP contribution in [0.5, 0.6) is 0 Å². The molecule has 0 spiro atoms. The molecule has 5 rings (SSSR count). The number of nitrogens with zero attached hydrogens (tertiary/aromatic N) is 2. The van der Waals surface area contributed by atoms with Crippen molar-refractivity contribution in [3.63, 3.8) is 0 Å². The van der Waals surface area contributed by atoms with Gasteiger partial charge in [-0.2, -0.15) is 5.10 Å². The van der Waals surface area contributed by atoms with Gasteiger partial charge in [0.1, 0.15) is 5.69 Å². The van der Waals surface area contributed by atoms with Crippen LogP contribution in [0.2, 0.25) is 0 Å². The molecule has 2 heterocycles. The normalized spacial score (nSPS) is 20.2. The van der Waals surface area contributed by atoms with Gasteiger partial charge in [-0.05, 0) is 60.3 Å². The first-order valence-electron chi connectivity index (χ1n) is 10.4. The summed E-state index contributed by atoms with van der Waals surface area (Å²) < 4.78 is 16.9. The van der Waals surface area contributed by atoms with Crippen molar-refractivity contribution in [1.82, 2.24) is 19.8 Å². The Balaban J connectivity index is 1.40. The molecule has 0 radical (unpaired) electrons. The van der Waals surface area contributed by atoms with E-state index in [-0.39, 0.29) is 16.6 Å². The lowest BCUT2D eigenvalue weighted by Gasteiger charge is -2.21. The SMILES string of the molecule is CC1CCc2c1cc1c(c2NC(=O)N[SH](N)(=O)c2cc3n(n2)CCNC3=O)CCC1. The molecule has 0 saturated carbocycles. The Morgan fingerprint density at radius 3 is 2.93 bits per heavy atom. The largest absolute Gasteiger partial charge is 0.349 e. The van der Waals surface area contributed by atoms with Crippen molar-refractivity contribution in [1.29, 1.82) is 0 Å². The molecule has 1 aliphatic heterocycles. The van der Waals surface area contributed by atoms with Crippen LogP contribution < -0.4 is 20.5 Å². The van der Waals surface area contributed by atoms with Gasteiger partial charge >= 0.3 is 6.03 Å². The van der Waals surface area contributed by atoms with Crippen LogP contribution in [0, 0.1) is 0 Å². The maximum Gasteiger partial charge on any atom is 0.330 e. The summed E-state index contributed by atoms with van der Waals surface area (Å²) >= 11 is 0. The number of aryl methyl sites for hydroxylation is 1. The zero-order chi connectivity index (χ0) is 21.0. The van der Waals surface area contributed by atoms with E-state index in [1.807, 2.05) is 0 Å². The Bertz CT molecular complexity index is 1120. The number of nitrogens with one attached hydrogen (secondary N) is 3. The van der Waals surface area contributed by atoms with Crippen molar-refractivity contribution in [2.75, 3.05) is 11.9 Å². The second kappa shape index (κ2) is 6.92. The Morgan fingerprint density at radius 1 is 1.30 bits per heavy atom. The second-order valence-electron chi connectivity index (χ2n) is 8.34. The lowest BCUT2D eigenvalue weighted by molar-refractivity contribution is 0.0924. The maximum atomic E-state index is 13.1. The van der Waals surface area contributed by atoms with E-state index in [2.05, 4.69) is 33.4 Å². The minimum Gasteiger partial charge on any atom is -0.349 e. The monoisotopic (exact) mass is 430 g/mol. The van der Waals surface area contributed by atoms with Gasteiger partial charge in [0.2, 0.25) is 0 Å². The van der Waals surface area contributed by atoms with Gasteiger partial charge in [0.25, 0.3) is 5.91 Å². The van der Waals surface area contributed by atoms with E-state index in [0.717, 1.165) is 37.8 Å². The van der Waals surface area contributed by atoms with Crippen molar-refractivity contribution < 1.29 is 13.8 Å². The fraction of sp³-hybridized carbons (Fsp3) is 0.450. The maximum absolute atomic E-state index is 13.1. The number of fused-ring (bicyclic) bond motifs is 3. The Hall–Kier alpha value is -2.72. The number of carbonyl (C=O) groups excluding carboxylic acids is 2. The number of thiol groups is 1. The lowest BCUT2D eigenvalue weighted by atomic mass is 9.96. The van der Waals surface area contributed by atoms with Gasteiger partial charge in [-0.3, -0.25) is 19.3 Å². The summed E-state index contributed by atoms with van der Waals surface area (Å²) in [6.07, 6.45) is 4.99. The number of hydrogen-bond donors (Lipinski definition) is 5. The van der Waals surface area contributed by atoms with Crippen LogP contribution in [0.4, 0.5) is 10.5 Å². The third kappa shape index (κ3) is 3.10. The van der Waals surface area contributed by atoms with Gasteiger partial charge < -0.3 is 10.6 Å². The van der Waals surface area contributed by atoms with Crippen LogP contribution in [0.25, 0.3) is 0 Å². The molecule has 0 fully saturated rings. The van der Waals surface area contributed by atoms with Crippen molar-refractivity contribution in [2.45, 2.75) is 56.5 Å². The first-order chi connectivity index (χ1) is 14.3. The summed E-state index contributed by atoms with van der Waals surface area (Å²) in [5.41, 5.74) is 6.09. The minimum absolute atomic E-state index is 0.0156. The molecule has 0 saturated heterocycles.